The maximum atomic E-state index is 10.6. The van der Waals surface area contributed by atoms with Gasteiger partial charge in [0.15, 0.2) is 0 Å². The molecule has 6 unspecified atom stereocenters. The summed E-state index contributed by atoms with van der Waals surface area (Å²) in [6.45, 7) is -0.266. The van der Waals surface area contributed by atoms with Gasteiger partial charge in [-0.1, -0.05) is 0 Å². The van der Waals surface area contributed by atoms with Crippen molar-refractivity contribution < 1.29 is 44.3 Å². The van der Waals surface area contributed by atoms with E-state index >= 15 is 0 Å². The van der Waals surface area contributed by atoms with Crippen molar-refractivity contribution in [2.75, 3.05) is 68.6 Å². The van der Waals surface area contributed by atoms with Crippen LogP contribution in [-0.2, 0) is 4.74 Å². The lowest BCUT2D eigenvalue weighted by Gasteiger charge is -2.36. The van der Waals surface area contributed by atoms with Crippen molar-refractivity contribution in [3.8, 4) is 0 Å². The van der Waals surface area contributed by atoms with E-state index in [0.717, 1.165) is 0 Å². The molecule has 0 aromatic heterocycles. The molecule has 6 atom stereocenters. The SMILES string of the molecule is C[N+](C)(C)CC(O)C(CC(O)CO)OC(CC(O)CO)C(O)C[N+](C)(C)C. The third-order valence-electron chi connectivity index (χ3n) is 4.11. The van der Waals surface area contributed by atoms with Gasteiger partial charge < -0.3 is 44.3 Å². The van der Waals surface area contributed by atoms with Crippen molar-refractivity contribution in [2.24, 2.45) is 0 Å². The van der Waals surface area contributed by atoms with Gasteiger partial charge in [-0.2, -0.15) is 0 Å². The molecule has 0 aromatic carbocycles. The Morgan fingerprint density at radius 3 is 1.15 bits per heavy atom. The average molecular weight is 399 g/mol. The largest absolute Gasteiger partial charge is 0.394 e. The smallest absolute Gasteiger partial charge is 0.129 e. The molecule has 0 aliphatic rings. The summed E-state index contributed by atoms with van der Waals surface area (Å²) in [6, 6.07) is 0. The molecule has 0 aliphatic heterocycles. The van der Waals surface area contributed by atoms with Crippen LogP contribution in [0.5, 0.6) is 0 Å². The van der Waals surface area contributed by atoms with Gasteiger partial charge in [-0.25, -0.2) is 0 Å². The Bertz CT molecular complexity index is 362. The molecule has 0 amide bonds. The highest BCUT2D eigenvalue weighted by atomic mass is 16.5. The van der Waals surface area contributed by atoms with Crippen molar-refractivity contribution in [2.45, 2.75) is 49.5 Å². The Labute approximate surface area is 163 Å². The second-order valence-corrected chi connectivity index (χ2v) is 9.44. The summed E-state index contributed by atoms with van der Waals surface area (Å²) >= 11 is 0. The molecule has 0 spiro atoms. The predicted octanol–water partition coefficient (Wildman–Crippen LogP) is -2.64. The topological polar surface area (TPSA) is 131 Å². The van der Waals surface area contributed by atoms with Crippen LogP contribution in [0.25, 0.3) is 0 Å². The highest BCUT2D eigenvalue weighted by molar-refractivity contribution is 4.79. The number of aliphatic hydroxyl groups is 6. The number of nitrogens with zero attached hydrogens (tertiary/aromatic N) is 2. The molecule has 9 heteroatoms. The second-order valence-electron chi connectivity index (χ2n) is 9.44. The third-order valence-corrected chi connectivity index (χ3v) is 4.11. The van der Waals surface area contributed by atoms with Gasteiger partial charge in [0, 0.05) is 12.8 Å². The van der Waals surface area contributed by atoms with E-state index in [1.807, 2.05) is 42.3 Å². The van der Waals surface area contributed by atoms with Crippen LogP contribution in [0.2, 0.25) is 0 Å². The molecular formula is C18H42N2O7+2. The van der Waals surface area contributed by atoms with Crippen molar-refractivity contribution in [3.63, 3.8) is 0 Å². The van der Waals surface area contributed by atoms with Gasteiger partial charge in [-0.3, -0.25) is 0 Å². The molecule has 9 nitrogen and oxygen atoms in total. The zero-order chi connectivity index (χ0) is 21.4. The number of aliphatic hydroxyl groups excluding tert-OH is 6. The Balaban J connectivity index is 5.40. The van der Waals surface area contributed by atoms with Crippen LogP contribution in [0.4, 0.5) is 0 Å². The van der Waals surface area contributed by atoms with Crippen molar-refractivity contribution >= 4 is 0 Å². The first-order valence-electron chi connectivity index (χ1n) is 9.39. The van der Waals surface area contributed by atoms with E-state index in [0.29, 0.717) is 22.1 Å². The van der Waals surface area contributed by atoms with E-state index in [9.17, 15) is 20.4 Å². The number of rotatable bonds is 14. The minimum absolute atomic E-state index is 0.0134. The first-order chi connectivity index (χ1) is 12.2. The van der Waals surface area contributed by atoms with Gasteiger partial charge in [-0.15, -0.1) is 0 Å². The van der Waals surface area contributed by atoms with Gasteiger partial charge in [0.1, 0.15) is 25.3 Å². The van der Waals surface area contributed by atoms with Crippen molar-refractivity contribution in [1.29, 1.82) is 0 Å². The standard InChI is InChI=1S/C18H42N2O7/c1-19(2,3)9-15(25)17(7-13(23)11-21)27-18(8-14(24)12-22)16(26)10-20(4,5)6/h13-18,21-26H,7-12H2,1-6H3/q+2. The summed E-state index contributed by atoms with van der Waals surface area (Å²) in [7, 11) is 11.4. The predicted molar refractivity (Wildman–Crippen MR) is 102 cm³/mol. The van der Waals surface area contributed by atoms with Gasteiger partial charge in [0.2, 0.25) is 0 Å². The summed E-state index contributed by atoms with van der Waals surface area (Å²) in [5.74, 6) is 0. The molecule has 6 N–H and O–H groups in total. The summed E-state index contributed by atoms with van der Waals surface area (Å²) in [4.78, 5) is 0. The summed E-state index contributed by atoms with van der Waals surface area (Å²) in [6.07, 6.45) is -5.76. The van der Waals surface area contributed by atoms with E-state index in [4.69, 9.17) is 14.9 Å². The minimum atomic E-state index is -1.07. The lowest BCUT2D eigenvalue weighted by molar-refractivity contribution is -0.874. The molecular weight excluding hydrogens is 356 g/mol. The molecule has 0 saturated carbocycles. The molecule has 164 valence electrons. The monoisotopic (exact) mass is 398 g/mol. The molecule has 0 saturated heterocycles. The van der Waals surface area contributed by atoms with E-state index in [1.165, 1.54) is 0 Å². The molecule has 27 heavy (non-hydrogen) atoms. The zero-order valence-corrected chi connectivity index (χ0v) is 17.7. The lowest BCUT2D eigenvalue weighted by atomic mass is 10.0. The zero-order valence-electron chi connectivity index (χ0n) is 17.7. The van der Waals surface area contributed by atoms with E-state index < -0.39 is 49.8 Å². The van der Waals surface area contributed by atoms with Crippen LogP contribution in [0.3, 0.4) is 0 Å². The van der Waals surface area contributed by atoms with Crippen LogP contribution in [0, 0.1) is 0 Å². The summed E-state index contributed by atoms with van der Waals surface area (Å²) in [5.41, 5.74) is 0. The number of hydrogen-bond acceptors (Lipinski definition) is 7. The average Bonchev–Trinajstić information content (AvgIpc) is 2.49. The fourth-order valence-corrected chi connectivity index (χ4v) is 2.87. The maximum absolute atomic E-state index is 10.6. The van der Waals surface area contributed by atoms with E-state index in [2.05, 4.69) is 0 Å². The van der Waals surface area contributed by atoms with Crippen LogP contribution in [-0.4, -0.2) is 145 Å². The Kier molecular flexibility index (Phi) is 11.4. The fraction of sp³-hybridized carbons (Fsp3) is 1.00. The fourth-order valence-electron chi connectivity index (χ4n) is 2.87. The third kappa shape index (κ3) is 12.7. The maximum Gasteiger partial charge on any atom is 0.129 e. The van der Waals surface area contributed by atoms with Gasteiger partial charge in [0.05, 0.1) is 79.9 Å². The first kappa shape index (κ1) is 26.6. The molecule has 0 bridgehead atoms. The Morgan fingerprint density at radius 1 is 0.630 bits per heavy atom. The van der Waals surface area contributed by atoms with Crippen LogP contribution < -0.4 is 0 Å². The number of quaternary nitrogens is 2. The highest BCUT2D eigenvalue weighted by Gasteiger charge is 2.35. The second kappa shape index (κ2) is 11.6. The van der Waals surface area contributed by atoms with E-state index in [-0.39, 0.29) is 12.8 Å². The first-order valence-corrected chi connectivity index (χ1v) is 9.39. The van der Waals surface area contributed by atoms with Gasteiger partial charge >= 0.3 is 0 Å². The van der Waals surface area contributed by atoms with Crippen LogP contribution in [0.1, 0.15) is 12.8 Å². The quantitative estimate of drug-likeness (QED) is 0.176. The molecule has 0 rings (SSSR count). The van der Waals surface area contributed by atoms with Crippen molar-refractivity contribution in [1.82, 2.24) is 0 Å². The summed E-state index contributed by atoms with van der Waals surface area (Å²) in [5, 5.41) is 59.2. The molecule has 0 fully saturated rings. The molecule has 0 heterocycles. The summed E-state index contributed by atoms with van der Waals surface area (Å²) < 4.78 is 6.87. The Hall–Kier alpha value is -0.360. The van der Waals surface area contributed by atoms with E-state index in [1.54, 1.807) is 0 Å². The van der Waals surface area contributed by atoms with Crippen LogP contribution in [0.15, 0.2) is 0 Å². The number of likely N-dealkylation sites (N-methyl/N-ethyl adjacent to an activating group) is 2. The van der Waals surface area contributed by atoms with Gasteiger partial charge in [-0.05, 0) is 0 Å². The molecule has 0 radical (unpaired) electrons. The Morgan fingerprint density at radius 2 is 0.926 bits per heavy atom. The number of ether oxygens (including phenoxy) is 1. The van der Waals surface area contributed by atoms with Gasteiger partial charge in [0.25, 0.3) is 0 Å². The molecule has 0 aliphatic carbocycles. The normalized spacial score (nSPS) is 20.0. The van der Waals surface area contributed by atoms with Crippen LogP contribution >= 0.6 is 0 Å². The number of hydrogen-bond donors (Lipinski definition) is 6. The highest BCUT2D eigenvalue weighted by Crippen LogP contribution is 2.19. The molecule has 0 aromatic rings. The minimum Gasteiger partial charge on any atom is -0.394 e. The lowest BCUT2D eigenvalue weighted by Crippen LogP contribution is -2.52. The van der Waals surface area contributed by atoms with Crippen molar-refractivity contribution in [3.05, 3.63) is 0 Å².